The van der Waals surface area contributed by atoms with Crippen molar-refractivity contribution < 1.29 is 24.0 Å². The van der Waals surface area contributed by atoms with Crippen molar-refractivity contribution in [2.45, 2.75) is 25.8 Å². The molecule has 0 aromatic carbocycles. The SMILES string of the molecule is C[C@@H](C(N)=O)N(C)CCN1CCN(CC(=O)ON2C(=O)CCC2=O)CC1. The molecule has 146 valence electrons. The summed E-state index contributed by atoms with van der Waals surface area (Å²) in [7, 11) is 1.86. The van der Waals surface area contributed by atoms with Gasteiger partial charge < -0.3 is 10.6 Å². The minimum absolute atomic E-state index is 0.0452. The number of carbonyl (C=O) groups is 4. The highest BCUT2D eigenvalue weighted by molar-refractivity contribution is 6.01. The highest BCUT2D eigenvalue weighted by Gasteiger charge is 2.33. The number of hydrogen-bond acceptors (Lipinski definition) is 8. The number of likely N-dealkylation sites (N-methyl/N-ethyl adjacent to an activating group) is 1. The largest absolute Gasteiger partial charge is 0.368 e. The lowest BCUT2D eigenvalue weighted by atomic mass is 10.2. The fourth-order valence-corrected chi connectivity index (χ4v) is 2.85. The smallest absolute Gasteiger partial charge is 0.347 e. The minimum atomic E-state index is -0.600. The van der Waals surface area contributed by atoms with Crippen LogP contribution in [0.5, 0.6) is 0 Å². The summed E-state index contributed by atoms with van der Waals surface area (Å²) in [4.78, 5) is 57.0. The van der Waals surface area contributed by atoms with E-state index in [1.54, 1.807) is 6.92 Å². The molecule has 0 radical (unpaired) electrons. The Hall–Kier alpha value is -2.04. The molecule has 0 aromatic rings. The van der Waals surface area contributed by atoms with Crippen molar-refractivity contribution in [1.82, 2.24) is 19.8 Å². The number of piperazine rings is 1. The van der Waals surface area contributed by atoms with Gasteiger partial charge in [-0.2, -0.15) is 0 Å². The fourth-order valence-electron chi connectivity index (χ4n) is 2.85. The monoisotopic (exact) mass is 369 g/mol. The van der Waals surface area contributed by atoms with Crippen LogP contribution in [0.25, 0.3) is 0 Å². The number of nitrogens with zero attached hydrogens (tertiary/aromatic N) is 4. The number of primary amides is 1. The lowest BCUT2D eigenvalue weighted by Gasteiger charge is -2.35. The first kappa shape index (κ1) is 20.3. The Morgan fingerprint density at radius 2 is 1.65 bits per heavy atom. The van der Waals surface area contributed by atoms with Gasteiger partial charge in [0.05, 0.1) is 12.6 Å². The zero-order chi connectivity index (χ0) is 19.3. The van der Waals surface area contributed by atoms with E-state index in [4.69, 9.17) is 10.6 Å². The number of rotatable bonds is 8. The Balaban J connectivity index is 1.66. The average Bonchev–Trinajstić information content (AvgIpc) is 2.92. The topological polar surface area (TPSA) is 116 Å². The number of amides is 3. The standard InChI is InChI=1S/C16H27N5O5/c1-12(16(17)25)18(2)5-6-19-7-9-20(10-8-19)11-15(24)26-21-13(22)3-4-14(21)23/h12H,3-11H2,1-2H3,(H2,17,25)/t12-/m0/s1. The number of imide groups is 1. The van der Waals surface area contributed by atoms with E-state index >= 15 is 0 Å². The first-order chi connectivity index (χ1) is 12.3. The molecule has 2 N–H and O–H groups in total. The van der Waals surface area contributed by atoms with E-state index in [2.05, 4.69) is 4.90 Å². The summed E-state index contributed by atoms with van der Waals surface area (Å²) in [6.45, 7) is 6.30. The molecule has 0 bridgehead atoms. The molecule has 26 heavy (non-hydrogen) atoms. The minimum Gasteiger partial charge on any atom is -0.368 e. The van der Waals surface area contributed by atoms with Gasteiger partial charge in [-0.05, 0) is 14.0 Å². The molecule has 2 heterocycles. The molecule has 2 aliphatic rings. The van der Waals surface area contributed by atoms with E-state index in [9.17, 15) is 19.2 Å². The van der Waals surface area contributed by atoms with Crippen LogP contribution in [0.2, 0.25) is 0 Å². The van der Waals surface area contributed by atoms with Crippen molar-refractivity contribution in [3.05, 3.63) is 0 Å². The van der Waals surface area contributed by atoms with Gasteiger partial charge in [-0.15, -0.1) is 5.06 Å². The molecule has 2 aliphatic heterocycles. The Labute approximate surface area is 152 Å². The van der Waals surface area contributed by atoms with Crippen molar-refractivity contribution in [3.63, 3.8) is 0 Å². The van der Waals surface area contributed by atoms with E-state index < -0.39 is 17.8 Å². The second-order valence-corrected chi connectivity index (χ2v) is 6.72. The molecule has 0 spiro atoms. The Morgan fingerprint density at radius 3 is 2.19 bits per heavy atom. The Kier molecular flexibility index (Phi) is 7.06. The number of hydrogen-bond donors (Lipinski definition) is 1. The maximum Gasteiger partial charge on any atom is 0.347 e. The van der Waals surface area contributed by atoms with E-state index in [0.29, 0.717) is 18.2 Å². The molecule has 0 aliphatic carbocycles. The van der Waals surface area contributed by atoms with Crippen LogP contribution in [0, 0.1) is 0 Å². The summed E-state index contributed by atoms with van der Waals surface area (Å²) < 4.78 is 0. The van der Waals surface area contributed by atoms with Crippen molar-refractivity contribution in [3.8, 4) is 0 Å². The normalized spacial score (nSPS) is 20.7. The molecule has 2 saturated heterocycles. The van der Waals surface area contributed by atoms with Crippen LogP contribution in [0.4, 0.5) is 0 Å². The van der Waals surface area contributed by atoms with Gasteiger partial charge in [-0.1, -0.05) is 0 Å². The van der Waals surface area contributed by atoms with E-state index in [-0.39, 0.29) is 31.3 Å². The summed E-state index contributed by atoms with van der Waals surface area (Å²) >= 11 is 0. The number of hydroxylamine groups is 2. The second kappa shape index (κ2) is 9.06. The molecule has 1 atom stereocenters. The Bertz CT molecular complexity index is 545. The van der Waals surface area contributed by atoms with Crippen LogP contribution in [0.3, 0.4) is 0 Å². The van der Waals surface area contributed by atoms with Crippen LogP contribution < -0.4 is 5.73 Å². The highest BCUT2D eigenvalue weighted by Crippen LogP contribution is 2.12. The zero-order valence-electron chi connectivity index (χ0n) is 15.3. The van der Waals surface area contributed by atoms with E-state index in [0.717, 1.165) is 26.2 Å². The van der Waals surface area contributed by atoms with Crippen LogP contribution in [-0.4, -0.2) is 102 Å². The predicted molar refractivity (Wildman–Crippen MR) is 91.3 cm³/mol. The van der Waals surface area contributed by atoms with Crippen LogP contribution >= 0.6 is 0 Å². The molecule has 10 nitrogen and oxygen atoms in total. The van der Waals surface area contributed by atoms with Gasteiger partial charge in [0, 0.05) is 52.1 Å². The van der Waals surface area contributed by atoms with Crippen molar-refractivity contribution in [2.24, 2.45) is 5.73 Å². The third-order valence-corrected chi connectivity index (χ3v) is 4.86. The van der Waals surface area contributed by atoms with Gasteiger partial charge in [-0.25, -0.2) is 4.79 Å². The molecule has 0 aromatic heterocycles. The lowest BCUT2D eigenvalue weighted by molar-refractivity contribution is -0.198. The van der Waals surface area contributed by atoms with Crippen molar-refractivity contribution in [2.75, 3.05) is 52.9 Å². The van der Waals surface area contributed by atoms with Crippen LogP contribution in [0.15, 0.2) is 0 Å². The van der Waals surface area contributed by atoms with E-state index in [1.807, 2.05) is 16.8 Å². The summed E-state index contributed by atoms with van der Waals surface area (Å²) in [5.74, 6) is -1.88. The third kappa shape index (κ3) is 5.48. The number of nitrogens with two attached hydrogens (primary N) is 1. The van der Waals surface area contributed by atoms with Gasteiger partial charge in [0.1, 0.15) is 0 Å². The quantitative estimate of drug-likeness (QED) is 0.489. The summed E-state index contributed by atoms with van der Waals surface area (Å²) in [6.07, 6.45) is 0.182. The van der Waals surface area contributed by atoms with Crippen LogP contribution in [-0.2, 0) is 24.0 Å². The third-order valence-electron chi connectivity index (χ3n) is 4.86. The molecule has 2 fully saturated rings. The zero-order valence-corrected chi connectivity index (χ0v) is 15.3. The molecular formula is C16H27N5O5. The van der Waals surface area contributed by atoms with Crippen LogP contribution in [0.1, 0.15) is 19.8 Å². The van der Waals surface area contributed by atoms with Gasteiger partial charge in [0.2, 0.25) is 5.91 Å². The maximum absolute atomic E-state index is 11.9. The highest BCUT2D eigenvalue weighted by atomic mass is 16.7. The summed E-state index contributed by atoms with van der Waals surface area (Å²) in [5, 5.41) is 0.578. The average molecular weight is 369 g/mol. The van der Waals surface area contributed by atoms with Crippen molar-refractivity contribution in [1.29, 1.82) is 0 Å². The van der Waals surface area contributed by atoms with Gasteiger partial charge in [0.15, 0.2) is 0 Å². The predicted octanol–water partition coefficient (Wildman–Crippen LogP) is -1.98. The van der Waals surface area contributed by atoms with Gasteiger partial charge >= 0.3 is 5.97 Å². The van der Waals surface area contributed by atoms with Crippen molar-refractivity contribution >= 4 is 23.7 Å². The Morgan fingerprint density at radius 1 is 1.12 bits per heavy atom. The molecule has 0 saturated carbocycles. The fraction of sp³-hybridized carbons (Fsp3) is 0.750. The molecule has 10 heteroatoms. The molecule has 2 rings (SSSR count). The lowest BCUT2D eigenvalue weighted by Crippen LogP contribution is -2.51. The summed E-state index contributed by atoms with van der Waals surface area (Å²) in [5.41, 5.74) is 5.30. The maximum atomic E-state index is 11.9. The molecule has 3 amide bonds. The summed E-state index contributed by atoms with van der Waals surface area (Å²) in [6, 6.07) is -0.304. The second-order valence-electron chi connectivity index (χ2n) is 6.72. The first-order valence-corrected chi connectivity index (χ1v) is 8.78. The van der Waals surface area contributed by atoms with Gasteiger partial charge in [0.25, 0.3) is 11.8 Å². The molecule has 0 unspecified atom stereocenters. The van der Waals surface area contributed by atoms with E-state index in [1.165, 1.54) is 0 Å². The number of carbonyl (C=O) groups excluding carboxylic acids is 4. The first-order valence-electron chi connectivity index (χ1n) is 8.78. The van der Waals surface area contributed by atoms with Gasteiger partial charge in [-0.3, -0.25) is 29.1 Å². The molecular weight excluding hydrogens is 342 g/mol.